The standard InChI is InChI=1S/C28H44O2/c1-19-10-14-24(29)18-23(19)13-12-22-8-7-17-28(6)25(15-16-26(22)28)20(2)9-11-21(3)27(4,5)30/h9,11-13,20-21,24-26,29-30H,1,7-8,10,14-18H2,2-6H3/b11-9+,22-12+,23-13-/t20-,21+,24-,25-,26+,28-/m1/s1/i4D3,5D3. The van der Waals surface area contributed by atoms with Crippen LogP contribution in [0.3, 0.4) is 0 Å². The predicted molar refractivity (Wildman–Crippen MR) is 127 cm³/mol. The Morgan fingerprint density at radius 3 is 2.67 bits per heavy atom. The van der Waals surface area contributed by atoms with Crippen LogP contribution in [0.4, 0.5) is 0 Å². The molecule has 0 aromatic heterocycles. The summed E-state index contributed by atoms with van der Waals surface area (Å²) in [5.41, 5.74) is 1.08. The fraction of sp³-hybridized carbons (Fsp3) is 0.714. The second kappa shape index (κ2) is 9.17. The fourth-order valence-electron chi connectivity index (χ4n) is 6.15. The van der Waals surface area contributed by atoms with Crippen LogP contribution in [0.1, 0.15) is 94.1 Å². The first kappa shape index (κ1) is 16.5. The highest BCUT2D eigenvalue weighted by molar-refractivity contribution is 5.36. The molecule has 6 atom stereocenters. The Bertz CT molecular complexity index is 898. The molecule has 3 aliphatic rings. The number of aliphatic hydroxyl groups excluding tert-OH is 1. The number of rotatable bonds is 5. The average Bonchev–Trinajstić information content (AvgIpc) is 3.13. The van der Waals surface area contributed by atoms with E-state index in [1.54, 1.807) is 6.08 Å². The van der Waals surface area contributed by atoms with Crippen molar-refractivity contribution in [2.45, 2.75) is 97.5 Å². The van der Waals surface area contributed by atoms with Crippen LogP contribution in [0.5, 0.6) is 0 Å². The summed E-state index contributed by atoms with van der Waals surface area (Å²) in [6, 6.07) is 0. The van der Waals surface area contributed by atoms with Gasteiger partial charge in [0.15, 0.2) is 0 Å². The molecule has 0 spiro atoms. The maximum atomic E-state index is 10.8. The Labute approximate surface area is 193 Å². The molecule has 2 nitrogen and oxygen atoms in total. The largest absolute Gasteiger partial charge is 0.393 e. The summed E-state index contributed by atoms with van der Waals surface area (Å²) < 4.78 is 46.2. The molecular weight excluding hydrogens is 368 g/mol. The molecule has 2 N–H and O–H groups in total. The van der Waals surface area contributed by atoms with Crippen molar-refractivity contribution in [2.75, 3.05) is 0 Å². The molecule has 3 saturated carbocycles. The topological polar surface area (TPSA) is 40.5 Å². The van der Waals surface area contributed by atoms with Gasteiger partial charge in [-0.2, -0.15) is 0 Å². The molecule has 0 amide bonds. The summed E-state index contributed by atoms with van der Waals surface area (Å²) in [5.74, 6) is -0.0459. The predicted octanol–water partition coefficient (Wildman–Crippen LogP) is 6.76. The second-order valence-electron chi connectivity index (χ2n) is 10.3. The van der Waals surface area contributed by atoms with Gasteiger partial charge < -0.3 is 10.2 Å². The van der Waals surface area contributed by atoms with Gasteiger partial charge in [0.2, 0.25) is 0 Å². The van der Waals surface area contributed by atoms with Crippen LogP contribution < -0.4 is 0 Å². The average molecular weight is 419 g/mol. The Balaban J connectivity index is 1.78. The Morgan fingerprint density at radius 2 is 1.93 bits per heavy atom. The fourth-order valence-corrected chi connectivity index (χ4v) is 6.15. The molecule has 30 heavy (non-hydrogen) atoms. The summed E-state index contributed by atoms with van der Waals surface area (Å²) in [6.07, 6.45) is 15.5. The summed E-state index contributed by atoms with van der Waals surface area (Å²) in [7, 11) is 0. The Morgan fingerprint density at radius 1 is 1.17 bits per heavy atom. The van der Waals surface area contributed by atoms with E-state index < -0.39 is 25.2 Å². The summed E-state index contributed by atoms with van der Waals surface area (Å²) in [4.78, 5) is 0. The van der Waals surface area contributed by atoms with E-state index in [9.17, 15) is 10.2 Å². The van der Waals surface area contributed by atoms with Crippen molar-refractivity contribution in [3.63, 3.8) is 0 Å². The van der Waals surface area contributed by atoms with Gasteiger partial charge in [0.1, 0.15) is 0 Å². The number of allylic oxidation sites excluding steroid dienone is 5. The van der Waals surface area contributed by atoms with Gasteiger partial charge in [-0.05, 0) is 93.8 Å². The van der Waals surface area contributed by atoms with Gasteiger partial charge in [0, 0.05) is 14.1 Å². The quantitative estimate of drug-likeness (QED) is 0.484. The van der Waals surface area contributed by atoms with Crippen LogP contribution >= 0.6 is 0 Å². The molecule has 0 unspecified atom stereocenters. The van der Waals surface area contributed by atoms with Crippen LogP contribution in [0.15, 0.2) is 47.6 Å². The van der Waals surface area contributed by atoms with E-state index in [4.69, 9.17) is 8.22 Å². The van der Waals surface area contributed by atoms with Crippen LogP contribution in [0.2, 0.25) is 0 Å². The van der Waals surface area contributed by atoms with E-state index in [0.717, 1.165) is 56.1 Å². The zero-order valence-corrected chi connectivity index (χ0v) is 19.0. The number of fused-ring (bicyclic) bond motifs is 1. The van der Waals surface area contributed by atoms with Gasteiger partial charge in [-0.3, -0.25) is 0 Å². The van der Waals surface area contributed by atoms with Gasteiger partial charge in [-0.1, -0.05) is 62.8 Å². The summed E-state index contributed by atoms with van der Waals surface area (Å²) in [6.45, 7) is 4.12. The van der Waals surface area contributed by atoms with E-state index in [2.05, 4.69) is 32.6 Å². The molecule has 0 aliphatic heterocycles. The van der Waals surface area contributed by atoms with Gasteiger partial charge in [0.25, 0.3) is 0 Å². The molecule has 0 aromatic rings. The minimum atomic E-state index is -3.02. The lowest BCUT2D eigenvalue weighted by molar-refractivity contribution is 0.0436. The van der Waals surface area contributed by atoms with Crippen molar-refractivity contribution in [3.8, 4) is 0 Å². The zero-order chi connectivity index (χ0) is 27.1. The normalized spacial score (nSPS) is 41.5. The van der Waals surface area contributed by atoms with Crippen molar-refractivity contribution in [1.82, 2.24) is 0 Å². The first-order valence-electron chi connectivity index (χ1n) is 14.7. The van der Waals surface area contributed by atoms with Gasteiger partial charge in [0.05, 0.1) is 11.7 Å². The molecule has 0 bridgehead atoms. The van der Waals surface area contributed by atoms with Crippen LogP contribution in [-0.2, 0) is 0 Å². The van der Waals surface area contributed by atoms with E-state index >= 15 is 0 Å². The minimum absolute atomic E-state index is 0.114. The van der Waals surface area contributed by atoms with E-state index in [0.29, 0.717) is 18.3 Å². The van der Waals surface area contributed by atoms with Gasteiger partial charge in [-0.25, -0.2) is 0 Å². The molecule has 168 valence electrons. The minimum Gasteiger partial charge on any atom is -0.393 e. The third-order valence-electron chi connectivity index (χ3n) is 8.22. The van der Waals surface area contributed by atoms with E-state index in [1.165, 1.54) is 12.5 Å². The molecular formula is C28H44O2. The monoisotopic (exact) mass is 418 g/mol. The lowest BCUT2D eigenvalue weighted by atomic mass is 9.61. The molecule has 3 rings (SSSR count). The maximum Gasteiger partial charge on any atom is 0.0651 e. The Hall–Kier alpha value is -1.12. The SMILES string of the molecule is [2H]C([2H])([2H])C(O)([C@@H](C)/C=C/[C@@H](C)[C@H]1CC[C@H]2/C(=C/C=C3/C[C@H](O)CCC3=C)CCC[C@]12C)C([2H])([2H])[2H]. The van der Waals surface area contributed by atoms with Crippen molar-refractivity contribution >= 4 is 0 Å². The highest BCUT2D eigenvalue weighted by atomic mass is 16.3. The highest BCUT2D eigenvalue weighted by Crippen LogP contribution is 2.59. The molecule has 0 aromatic carbocycles. The van der Waals surface area contributed by atoms with Crippen LogP contribution in [-0.4, -0.2) is 21.9 Å². The molecule has 0 saturated heterocycles. The second-order valence-corrected chi connectivity index (χ2v) is 10.3. The lowest BCUT2D eigenvalue weighted by Crippen LogP contribution is -2.35. The third kappa shape index (κ3) is 5.02. The number of hydrogen-bond donors (Lipinski definition) is 2. The van der Waals surface area contributed by atoms with Crippen LogP contribution in [0, 0.1) is 29.1 Å². The third-order valence-corrected chi connectivity index (χ3v) is 8.22. The molecule has 2 heteroatoms. The first-order chi connectivity index (χ1) is 16.5. The van der Waals surface area contributed by atoms with Gasteiger partial charge in [-0.15, -0.1) is 0 Å². The van der Waals surface area contributed by atoms with Crippen molar-refractivity contribution in [1.29, 1.82) is 0 Å². The summed E-state index contributed by atoms with van der Waals surface area (Å²) >= 11 is 0. The van der Waals surface area contributed by atoms with E-state index in [1.807, 2.05) is 6.08 Å². The summed E-state index contributed by atoms with van der Waals surface area (Å²) in [5, 5.41) is 20.9. The number of hydrogen-bond acceptors (Lipinski definition) is 2. The van der Waals surface area contributed by atoms with Crippen molar-refractivity contribution in [3.05, 3.63) is 47.6 Å². The van der Waals surface area contributed by atoms with Crippen LogP contribution in [0.25, 0.3) is 0 Å². The maximum absolute atomic E-state index is 10.8. The van der Waals surface area contributed by atoms with E-state index in [-0.39, 0.29) is 17.4 Å². The smallest absolute Gasteiger partial charge is 0.0651 e. The zero-order valence-electron chi connectivity index (χ0n) is 25.0. The lowest BCUT2D eigenvalue weighted by Gasteiger charge is -2.44. The van der Waals surface area contributed by atoms with Crippen molar-refractivity contribution < 1.29 is 18.4 Å². The van der Waals surface area contributed by atoms with Crippen molar-refractivity contribution in [2.24, 2.45) is 29.1 Å². The highest BCUT2D eigenvalue weighted by Gasteiger charge is 2.50. The first-order valence-corrected chi connectivity index (χ1v) is 11.7. The number of aliphatic hydroxyl groups is 2. The Kier molecular flexibility index (Phi) is 5.04. The molecule has 3 aliphatic carbocycles. The molecule has 3 fully saturated rings. The van der Waals surface area contributed by atoms with Gasteiger partial charge >= 0.3 is 0 Å². The molecule has 0 radical (unpaired) electrons. The molecule has 0 heterocycles.